The van der Waals surface area contributed by atoms with Gasteiger partial charge in [0.1, 0.15) is 5.82 Å². The van der Waals surface area contributed by atoms with E-state index in [2.05, 4.69) is 46.6 Å². The third kappa shape index (κ3) is 3.62. The Morgan fingerprint density at radius 1 is 1.45 bits per heavy atom. The van der Waals surface area contributed by atoms with Crippen molar-refractivity contribution in [3.05, 3.63) is 37.3 Å². The van der Waals surface area contributed by atoms with Crippen LogP contribution in [0.1, 0.15) is 5.82 Å². The van der Waals surface area contributed by atoms with Crippen molar-refractivity contribution in [2.24, 2.45) is 0 Å². The van der Waals surface area contributed by atoms with E-state index in [1.54, 1.807) is 6.07 Å². The minimum atomic E-state index is -0.303. The van der Waals surface area contributed by atoms with Gasteiger partial charge in [-0.15, -0.1) is 11.8 Å². The van der Waals surface area contributed by atoms with Crippen LogP contribution >= 0.6 is 43.6 Å². The zero-order chi connectivity index (χ0) is 14.7. The van der Waals surface area contributed by atoms with Gasteiger partial charge in [0.15, 0.2) is 0 Å². The van der Waals surface area contributed by atoms with E-state index in [4.69, 9.17) is 0 Å². The molecule has 0 aliphatic rings. The molecule has 0 radical (unpaired) electrons. The van der Waals surface area contributed by atoms with Crippen LogP contribution < -0.4 is 5.56 Å². The van der Waals surface area contributed by atoms with E-state index in [-0.39, 0.29) is 17.3 Å². The number of esters is 1. The molecule has 106 valence electrons. The highest BCUT2D eigenvalue weighted by atomic mass is 79.9. The molecule has 5 nitrogen and oxygen atoms in total. The number of aromatic nitrogens is 2. The first-order valence-corrected chi connectivity index (χ1v) is 8.28. The van der Waals surface area contributed by atoms with Crippen LogP contribution in [0, 0.1) is 0 Å². The Morgan fingerprint density at radius 3 is 2.90 bits per heavy atom. The Bertz CT molecular complexity index is 718. The summed E-state index contributed by atoms with van der Waals surface area (Å²) >= 11 is 8.06. The minimum absolute atomic E-state index is 0.203. The van der Waals surface area contributed by atoms with Crippen molar-refractivity contribution < 1.29 is 9.53 Å². The molecule has 20 heavy (non-hydrogen) atoms. The molecule has 0 fully saturated rings. The quantitative estimate of drug-likeness (QED) is 0.768. The van der Waals surface area contributed by atoms with Gasteiger partial charge < -0.3 is 9.72 Å². The number of nitrogens with one attached hydrogen (secondary N) is 1. The van der Waals surface area contributed by atoms with E-state index in [1.807, 2.05) is 6.07 Å². The second-order valence-corrected chi connectivity index (χ2v) is 6.62. The summed E-state index contributed by atoms with van der Waals surface area (Å²) in [5, 5.41) is 0.507. The number of thioether (sulfide) groups is 1. The number of benzene rings is 1. The Balaban J connectivity index is 2.28. The highest BCUT2D eigenvalue weighted by Gasteiger charge is 2.09. The van der Waals surface area contributed by atoms with Gasteiger partial charge in [0.25, 0.3) is 5.56 Å². The number of aromatic amines is 1. The fourth-order valence-electron chi connectivity index (χ4n) is 1.57. The summed E-state index contributed by atoms with van der Waals surface area (Å²) in [6.45, 7) is 0. The van der Waals surface area contributed by atoms with Gasteiger partial charge in [-0.25, -0.2) is 4.98 Å². The SMILES string of the molecule is COC(=O)CSCc1nc2c(Br)cc(Br)cc2c(=O)[nH]1. The molecule has 0 aliphatic heterocycles. The van der Waals surface area contributed by atoms with Crippen LogP contribution in [0.15, 0.2) is 25.9 Å². The molecular formula is C12H10Br2N2O3S. The number of fused-ring (bicyclic) bond motifs is 1. The predicted molar refractivity (Wildman–Crippen MR) is 85.9 cm³/mol. The van der Waals surface area contributed by atoms with E-state index in [9.17, 15) is 9.59 Å². The third-order valence-electron chi connectivity index (χ3n) is 2.46. The number of halogens is 2. The Morgan fingerprint density at radius 2 is 2.20 bits per heavy atom. The van der Waals surface area contributed by atoms with Crippen LogP contribution in [0.4, 0.5) is 0 Å². The van der Waals surface area contributed by atoms with E-state index >= 15 is 0 Å². The van der Waals surface area contributed by atoms with Crippen molar-refractivity contribution in [2.45, 2.75) is 5.75 Å². The van der Waals surface area contributed by atoms with Crippen molar-refractivity contribution in [1.29, 1.82) is 0 Å². The zero-order valence-electron chi connectivity index (χ0n) is 10.4. The van der Waals surface area contributed by atoms with E-state index < -0.39 is 0 Å². The van der Waals surface area contributed by atoms with E-state index in [0.717, 1.165) is 8.95 Å². The van der Waals surface area contributed by atoms with Gasteiger partial charge >= 0.3 is 5.97 Å². The topological polar surface area (TPSA) is 72.0 Å². The number of carbonyl (C=O) groups excluding carboxylic acids is 1. The summed E-state index contributed by atoms with van der Waals surface area (Å²) in [7, 11) is 1.34. The van der Waals surface area contributed by atoms with Crippen molar-refractivity contribution in [3.63, 3.8) is 0 Å². The molecule has 0 saturated heterocycles. The van der Waals surface area contributed by atoms with Crippen LogP contribution in [0.3, 0.4) is 0 Å². The van der Waals surface area contributed by atoms with Crippen molar-refractivity contribution in [3.8, 4) is 0 Å². The molecule has 2 rings (SSSR count). The lowest BCUT2D eigenvalue weighted by Gasteiger charge is -2.05. The van der Waals surface area contributed by atoms with E-state index in [0.29, 0.717) is 22.5 Å². The second-order valence-electron chi connectivity index (χ2n) is 3.87. The van der Waals surface area contributed by atoms with Gasteiger partial charge in [-0.2, -0.15) is 0 Å². The highest BCUT2D eigenvalue weighted by Crippen LogP contribution is 2.25. The number of hydrogen-bond acceptors (Lipinski definition) is 5. The molecule has 0 spiro atoms. The smallest absolute Gasteiger partial charge is 0.315 e. The van der Waals surface area contributed by atoms with Crippen molar-refractivity contribution >= 4 is 60.5 Å². The number of nitrogens with zero attached hydrogens (tertiary/aromatic N) is 1. The molecule has 1 N–H and O–H groups in total. The second kappa shape index (κ2) is 6.73. The monoisotopic (exact) mass is 420 g/mol. The summed E-state index contributed by atoms with van der Waals surface area (Å²) in [5.74, 6) is 0.880. The highest BCUT2D eigenvalue weighted by molar-refractivity contribution is 9.11. The number of ether oxygens (including phenoxy) is 1. The summed E-state index contributed by atoms with van der Waals surface area (Å²) in [6.07, 6.45) is 0. The molecule has 0 bridgehead atoms. The lowest BCUT2D eigenvalue weighted by atomic mass is 10.2. The van der Waals surface area contributed by atoms with Gasteiger partial charge in [-0.3, -0.25) is 9.59 Å². The lowest BCUT2D eigenvalue weighted by Crippen LogP contribution is -2.12. The maximum atomic E-state index is 12.0. The average molecular weight is 422 g/mol. The molecular weight excluding hydrogens is 412 g/mol. The predicted octanol–water partition coefficient (Wildman–Crippen LogP) is 2.85. The zero-order valence-corrected chi connectivity index (χ0v) is 14.4. The maximum Gasteiger partial charge on any atom is 0.315 e. The minimum Gasteiger partial charge on any atom is -0.468 e. The van der Waals surface area contributed by atoms with E-state index in [1.165, 1.54) is 18.9 Å². The fraction of sp³-hybridized carbons (Fsp3) is 0.250. The first-order valence-electron chi connectivity index (χ1n) is 5.53. The van der Waals surface area contributed by atoms with Crippen LogP contribution in [-0.4, -0.2) is 28.8 Å². The first-order chi connectivity index (χ1) is 9.51. The van der Waals surface area contributed by atoms with Gasteiger partial charge in [0.05, 0.1) is 29.5 Å². The molecule has 0 atom stereocenters. The molecule has 1 aromatic heterocycles. The third-order valence-corrected chi connectivity index (χ3v) is 4.44. The molecule has 8 heteroatoms. The molecule has 0 unspecified atom stereocenters. The Kier molecular flexibility index (Phi) is 5.22. The number of H-pyrrole nitrogens is 1. The molecule has 1 aromatic carbocycles. The Hall–Kier alpha value is -0.860. The Labute approximate surface area is 135 Å². The van der Waals surface area contributed by atoms with Crippen LogP contribution in [-0.2, 0) is 15.3 Å². The normalized spacial score (nSPS) is 10.8. The number of carbonyl (C=O) groups is 1. The molecule has 1 heterocycles. The van der Waals surface area contributed by atoms with Crippen molar-refractivity contribution in [2.75, 3.05) is 12.9 Å². The van der Waals surface area contributed by atoms with Crippen LogP contribution in [0.2, 0.25) is 0 Å². The summed E-state index contributed by atoms with van der Waals surface area (Å²) < 4.78 is 6.10. The number of rotatable bonds is 4. The van der Waals surface area contributed by atoms with Gasteiger partial charge in [-0.1, -0.05) is 15.9 Å². The summed E-state index contributed by atoms with van der Waals surface area (Å²) in [4.78, 5) is 30.2. The number of hydrogen-bond donors (Lipinski definition) is 1. The molecule has 0 amide bonds. The fourth-order valence-corrected chi connectivity index (χ4v) is 3.60. The first kappa shape index (κ1) is 15.5. The van der Waals surface area contributed by atoms with Gasteiger partial charge in [0, 0.05) is 8.95 Å². The maximum absolute atomic E-state index is 12.0. The summed E-state index contributed by atoms with van der Waals surface area (Å²) in [6, 6.07) is 3.55. The standard InChI is InChI=1S/C12H10Br2N2O3S/c1-19-10(17)5-20-4-9-15-11-7(12(18)16-9)2-6(13)3-8(11)14/h2-3H,4-5H2,1H3,(H,15,16,18). The van der Waals surface area contributed by atoms with Gasteiger partial charge in [0.2, 0.25) is 0 Å². The average Bonchev–Trinajstić information content (AvgIpc) is 2.40. The largest absolute Gasteiger partial charge is 0.468 e. The molecule has 0 aliphatic carbocycles. The lowest BCUT2D eigenvalue weighted by molar-refractivity contribution is -0.137. The molecule has 2 aromatic rings. The summed E-state index contributed by atoms with van der Waals surface area (Å²) in [5.41, 5.74) is 0.399. The molecule has 0 saturated carbocycles. The van der Waals surface area contributed by atoms with Gasteiger partial charge in [-0.05, 0) is 28.1 Å². The van der Waals surface area contributed by atoms with Crippen LogP contribution in [0.5, 0.6) is 0 Å². The number of methoxy groups -OCH3 is 1. The van der Waals surface area contributed by atoms with Crippen molar-refractivity contribution in [1.82, 2.24) is 9.97 Å². The van der Waals surface area contributed by atoms with Crippen LogP contribution in [0.25, 0.3) is 10.9 Å².